The summed E-state index contributed by atoms with van der Waals surface area (Å²) in [4.78, 5) is 18.9. The van der Waals surface area contributed by atoms with Crippen molar-refractivity contribution < 1.29 is 4.79 Å². The Balaban J connectivity index is 1.53. The molecule has 1 saturated heterocycles. The van der Waals surface area contributed by atoms with Crippen LogP contribution in [0.5, 0.6) is 0 Å². The Morgan fingerprint density at radius 3 is 3.14 bits per heavy atom. The third kappa shape index (κ3) is 2.29. The largest absolute Gasteiger partial charge is 0.338 e. The molecule has 1 aliphatic heterocycles. The predicted octanol–water partition coefficient (Wildman–Crippen LogP) is 2.66. The molecule has 3 heterocycles. The highest BCUT2D eigenvalue weighted by molar-refractivity contribution is 7.16. The highest BCUT2D eigenvalue weighted by Gasteiger charge is 2.28. The lowest BCUT2D eigenvalue weighted by Crippen LogP contribution is -2.28. The molecule has 0 aliphatic carbocycles. The lowest BCUT2D eigenvalue weighted by molar-refractivity contribution is 0.0791. The quantitative estimate of drug-likeness (QED) is 0.731. The van der Waals surface area contributed by atoms with E-state index in [1.54, 1.807) is 11.3 Å². The molecule has 0 saturated carbocycles. The van der Waals surface area contributed by atoms with Gasteiger partial charge in [-0.1, -0.05) is 0 Å². The van der Waals surface area contributed by atoms with Crippen LogP contribution in [0.25, 0.3) is 10.2 Å². The van der Waals surface area contributed by atoms with Crippen LogP contribution in [-0.2, 0) is 7.05 Å². The van der Waals surface area contributed by atoms with Crippen molar-refractivity contribution in [1.82, 2.24) is 19.7 Å². The zero-order valence-corrected chi connectivity index (χ0v) is 13.1. The number of amides is 1. The summed E-state index contributed by atoms with van der Waals surface area (Å²) in [5.41, 5.74) is 4.74. The Morgan fingerprint density at radius 2 is 2.32 bits per heavy atom. The number of benzene rings is 1. The Bertz CT molecular complexity index is 837. The van der Waals surface area contributed by atoms with E-state index in [9.17, 15) is 4.79 Å². The van der Waals surface area contributed by atoms with Crippen molar-refractivity contribution in [2.24, 2.45) is 7.05 Å². The lowest BCUT2D eigenvalue weighted by Gasteiger charge is -2.16. The highest BCUT2D eigenvalue weighted by Crippen LogP contribution is 2.28. The van der Waals surface area contributed by atoms with Crippen molar-refractivity contribution in [3.8, 4) is 0 Å². The molecule has 0 N–H and O–H groups in total. The molecule has 0 radical (unpaired) electrons. The van der Waals surface area contributed by atoms with Gasteiger partial charge in [-0.25, -0.2) is 4.98 Å². The summed E-state index contributed by atoms with van der Waals surface area (Å²) in [6.45, 7) is 1.57. The second-order valence-electron chi connectivity index (χ2n) is 5.72. The average molecular weight is 312 g/mol. The van der Waals surface area contributed by atoms with E-state index in [1.165, 1.54) is 5.56 Å². The van der Waals surface area contributed by atoms with Gasteiger partial charge in [0.05, 0.1) is 21.9 Å². The first kappa shape index (κ1) is 13.5. The number of rotatable bonds is 2. The minimum Gasteiger partial charge on any atom is -0.338 e. The molecule has 0 spiro atoms. The number of aromatic nitrogens is 3. The fourth-order valence-corrected chi connectivity index (χ4v) is 3.75. The van der Waals surface area contributed by atoms with Crippen LogP contribution in [0.2, 0.25) is 0 Å². The van der Waals surface area contributed by atoms with Gasteiger partial charge < -0.3 is 4.90 Å². The first-order valence-corrected chi connectivity index (χ1v) is 8.20. The number of likely N-dealkylation sites (tertiary alicyclic amines) is 1. The van der Waals surface area contributed by atoms with Crippen molar-refractivity contribution in [2.45, 2.75) is 12.3 Å². The number of carbonyl (C=O) groups is 1. The molecule has 1 aromatic carbocycles. The minimum atomic E-state index is 0.113. The van der Waals surface area contributed by atoms with Crippen molar-refractivity contribution in [3.63, 3.8) is 0 Å². The third-order valence-electron chi connectivity index (χ3n) is 4.25. The summed E-state index contributed by atoms with van der Waals surface area (Å²) < 4.78 is 2.88. The van der Waals surface area contributed by atoms with Crippen LogP contribution in [0.4, 0.5) is 0 Å². The van der Waals surface area contributed by atoms with E-state index in [0.29, 0.717) is 5.92 Å². The van der Waals surface area contributed by atoms with Crippen LogP contribution in [0.15, 0.2) is 36.1 Å². The summed E-state index contributed by atoms with van der Waals surface area (Å²) in [6, 6.07) is 5.75. The van der Waals surface area contributed by atoms with Gasteiger partial charge >= 0.3 is 0 Å². The zero-order chi connectivity index (χ0) is 15.1. The van der Waals surface area contributed by atoms with E-state index in [-0.39, 0.29) is 5.91 Å². The van der Waals surface area contributed by atoms with E-state index >= 15 is 0 Å². The Morgan fingerprint density at radius 1 is 1.41 bits per heavy atom. The van der Waals surface area contributed by atoms with Crippen molar-refractivity contribution >= 4 is 27.5 Å². The predicted molar refractivity (Wildman–Crippen MR) is 86.1 cm³/mol. The SMILES string of the molecule is Cn1cc(C2CCN(C(=O)c3ccc4ncsc4c3)C2)cn1. The number of fused-ring (bicyclic) bond motifs is 1. The Kier molecular flexibility index (Phi) is 3.18. The fourth-order valence-electron chi connectivity index (χ4n) is 3.04. The number of nitrogens with zero attached hydrogens (tertiary/aromatic N) is 4. The van der Waals surface area contributed by atoms with E-state index in [4.69, 9.17) is 0 Å². The van der Waals surface area contributed by atoms with E-state index in [0.717, 1.165) is 35.3 Å². The van der Waals surface area contributed by atoms with Gasteiger partial charge in [0.25, 0.3) is 5.91 Å². The van der Waals surface area contributed by atoms with Gasteiger partial charge in [-0.05, 0) is 30.2 Å². The smallest absolute Gasteiger partial charge is 0.253 e. The molecular weight excluding hydrogens is 296 g/mol. The highest BCUT2D eigenvalue weighted by atomic mass is 32.1. The maximum atomic E-state index is 12.7. The molecule has 1 fully saturated rings. The molecule has 1 atom stereocenters. The molecule has 4 rings (SSSR count). The molecule has 2 aromatic heterocycles. The molecule has 6 heteroatoms. The van der Waals surface area contributed by atoms with Gasteiger partial charge in [0, 0.05) is 37.8 Å². The zero-order valence-electron chi connectivity index (χ0n) is 12.3. The van der Waals surface area contributed by atoms with Crippen molar-refractivity contribution in [3.05, 3.63) is 47.2 Å². The normalized spacial score (nSPS) is 18.2. The standard InChI is InChI=1S/C16H16N4OS/c1-19-8-13(7-18-19)12-4-5-20(9-12)16(21)11-2-3-14-15(6-11)22-10-17-14/h2-3,6-8,10,12H,4-5,9H2,1H3. The Labute approximate surface area is 132 Å². The first-order valence-electron chi connectivity index (χ1n) is 7.32. The summed E-state index contributed by atoms with van der Waals surface area (Å²) in [5.74, 6) is 0.506. The van der Waals surface area contributed by atoms with Crippen LogP contribution >= 0.6 is 11.3 Å². The van der Waals surface area contributed by atoms with Gasteiger partial charge in [-0.2, -0.15) is 5.10 Å². The number of thiazole rings is 1. The van der Waals surface area contributed by atoms with Gasteiger partial charge in [-0.3, -0.25) is 9.48 Å². The average Bonchev–Trinajstić information content (AvgIpc) is 3.25. The summed E-state index contributed by atoms with van der Waals surface area (Å²) in [7, 11) is 1.92. The van der Waals surface area contributed by atoms with Crippen LogP contribution in [-0.4, -0.2) is 38.7 Å². The summed E-state index contributed by atoms with van der Waals surface area (Å²) >= 11 is 1.57. The first-order chi connectivity index (χ1) is 10.7. The molecule has 3 aromatic rings. The molecule has 1 aliphatic rings. The second-order valence-corrected chi connectivity index (χ2v) is 6.61. The Hall–Kier alpha value is -2.21. The second kappa shape index (κ2) is 5.21. The van der Waals surface area contributed by atoms with Crippen molar-refractivity contribution in [1.29, 1.82) is 0 Å². The molecule has 112 valence electrons. The van der Waals surface area contributed by atoms with Crippen LogP contribution in [0.1, 0.15) is 28.3 Å². The number of carbonyl (C=O) groups excluding carboxylic acids is 1. The monoisotopic (exact) mass is 312 g/mol. The van der Waals surface area contributed by atoms with E-state index in [2.05, 4.69) is 10.1 Å². The lowest BCUT2D eigenvalue weighted by atomic mass is 10.0. The molecular formula is C16H16N4OS. The van der Waals surface area contributed by atoms with Crippen molar-refractivity contribution in [2.75, 3.05) is 13.1 Å². The maximum Gasteiger partial charge on any atom is 0.253 e. The maximum absolute atomic E-state index is 12.7. The molecule has 1 amide bonds. The van der Waals surface area contributed by atoms with E-state index < -0.39 is 0 Å². The summed E-state index contributed by atoms with van der Waals surface area (Å²) in [5, 5.41) is 4.23. The van der Waals surface area contributed by atoms with E-state index in [1.807, 2.05) is 52.7 Å². The van der Waals surface area contributed by atoms with Crippen LogP contribution in [0.3, 0.4) is 0 Å². The van der Waals surface area contributed by atoms with Gasteiger partial charge in [-0.15, -0.1) is 11.3 Å². The third-order valence-corrected chi connectivity index (χ3v) is 5.04. The topological polar surface area (TPSA) is 51.0 Å². The summed E-state index contributed by atoms with van der Waals surface area (Å²) in [6.07, 6.45) is 4.95. The molecule has 1 unspecified atom stereocenters. The van der Waals surface area contributed by atoms with Crippen LogP contribution in [0, 0.1) is 0 Å². The number of hydrogen-bond donors (Lipinski definition) is 0. The van der Waals surface area contributed by atoms with Crippen LogP contribution < -0.4 is 0 Å². The van der Waals surface area contributed by atoms with Gasteiger partial charge in [0.2, 0.25) is 0 Å². The minimum absolute atomic E-state index is 0.113. The van der Waals surface area contributed by atoms with Gasteiger partial charge in [0.15, 0.2) is 0 Å². The number of aryl methyl sites for hydroxylation is 1. The molecule has 22 heavy (non-hydrogen) atoms. The fraction of sp³-hybridized carbons (Fsp3) is 0.312. The molecule has 0 bridgehead atoms. The number of hydrogen-bond acceptors (Lipinski definition) is 4. The van der Waals surface area contributed by atoms with Gasteiger partial charge in [0.1, 0.15) is 0 Å². The molecule has 5 nitrogen and oxygen atoms in total.